The number of hydrogen-bond acceptors (Lipinski definition) is 5. The lowest BCUT2D eigenvalue weighted by molar-refractivity contribution is -0.389. The first kappa shape index (κ1) is 18.3. The summed E-state index contributed by atoms with van der Waals surface area (Å²) in [5, 5.41) is 13.8. The van der Waals surface area contributed by atoms with Gasteiger partial charge in [0.05, 0.1) is 0 Å². The molecule has 1 aromatic carbocycles. The average molecular weight is 368 g/mol. The number of benzene rings is 1. The van der Waals surface area contributed by atoms with Crippen LogP contribution in [-0.2, 0) is 18.4 Å². The van der Waals surface area contributed by atoms with Crippen molar-refractivity contribution in [3.8, 4) is 0 Å². The van der Waals surface area contributed by atoms with Gasteiger partial charge in [0.2, 0.25) is 11.7 Å². The van der Waals surface area contributed by atoms with Crippen LogP contribution in [0.2, 0.25) is 0 Å². The Morgan fingerprint density at radius 2 is 2.07 bits per heavy atom. The second-order valence-corrected chi connectivity index (χ2v) is 6.15. The van der Waals surface area contributed by atoms with E-state index in [0.717, 1.165) is 11.4 Å². The fourth-order valence-corrected chi connectivity index (χ4v) is 2.86. The third kappa shape index (κ3) is 4.20. The summed E-state index contributed by atoms with van der Waals surface area (Å²) in [6, 6.07) is 9.22. The van der Waals surface area contributed by atoms with Crippen molar-refractivity contribution in [2.45, 2.75) is 25.9 Å². The Morgan fingerprint density at radius 3 is 2.67 bits per heavy atom. The molecule has 0 aliphatic rings. The van der Waals surface area contributed by atoms with Gasteiger partial charge in [-0.2, -0.15) is 0 Å². The van der Waals surface area contributed by atoms with E-state index in [-0.39, 0.29) is 24.2 Å². The molecule has 9 heteroatoms. The van der Waals surface area contributed by atoms with E-state index in [1.165, 1.54) is 6.20 Å². The van der Waals surface area contributed by atoms with Gasteiger partial charge in [0.1, 0.15) is 18.1 Å². The zero-order valence-corrected chi connectivity index (χ0v) is 15.1. The molecule has 140 valence electrons. The standard InChI is InChI=1S/C18H20N6O3/c1-13-20-15(24(26)27)12-23(13)10-8-16(25)21-17(14-6-4-3-5-7-14)18-19-9-11-22(18)2/h3-7,9,11-12,17H,8,10H2,1-2H3,(H,21,25). The van der Waals surface area contributed by atoms with Gasteiger partial charge < -0.3 is 24.6 Å². The molecule has 27 heavy (non-hydrogen) atoms. The number of amides is 1. The van der Waals surface area contributed by atoms with Gasteiger partial charge >= 0.3 is 5.82 Å². The van der Waals surface area contributed by atoms with Crippen LogP contribution in [0.3, 0.4) is 0 Å². The summed E-state index contributed by atoms with van der Waals surface area (Å²) in [7, 11) is 1.87. The Balaban J connectivity index is 1.72. The molecule has 2 heterocycles. The van der Waals surface area contributed by atoms with Crippen molar-refractivity contribution in [1.29, 1.82) is 0 Å². The molecule has 0 spiro atoms. The number of imidazole rings is 2. The smallest absolute Gasteiger partial charge is 0.358 e. The molecule has 0 radical (unpaired) electrons. The molecule has 1 amide bonds. The van der Waals surface area contributed by atoms with Crippen molar-refractivity contribution < 1.29 is 9.72 Å². The molecule has 0 saturated carbocycles. The largest absolute Gasteiger partial charge is 0.381 e. The maximum Gasteiger partial charge on any atom is 0.381 e. The zero-order chi connectivity index (χ0) is 19.4. The minimum absolute atomic E-state index is 0.169. The van der Waals surface area contributed by atoms with Gasteiger partial charge in [0, 0.05) is 39.3 Å². The summed E-state index contributed by atoms with van der Waals surface area (Å²) in [6.07, 6.45) is 5.02. The number of nitrogens with one attached hydrogen (secondary N) is 1. The van der Waals surface area contributed by atoms with Gasteiger partial charge in [0.15, 0.2) is 0 Å². The predicted octanol–water partition coefficient (Wildman–Crippen LogP) is 2.13. The monoisotopic (exact) mass is 368 g/mol. The molecular formula is C18H20N6O3. The molecule has 0 saturated heterocycles. The Morgan fingerprint density at radius 1 is 1.33 bits per heavy atom. The number of nitro groups is 1. The van der Waals surface area contributed by atoms with Gasteiger partial charge in [-0.3, -0.25) is 4.79 Å². The minimum atomic E-state index is -0.546. The van der Waals surface area contributed by atoms with Crippen LogP contribution in [0.15, 0.2) is 48.9 Å². The highest BCUT2D eigenvalue weighted by molar-refractivity contribution is 5.76. The first-order chi connectivity index (χ1) is 13.0. The summed E-state index contributed by atoms with van der Waals surface area (Å²) in [5.41, 5.74) is 0.926. The Labute approximate surface area is 155 Å². The third-order valence-corrected chi connectivity index (χ3v) is 4.29. The SMILES string of the molecule is Cc1nc([N+](=O)[O-])cn1CCC(=O)NC(c1ccccc1)c1nccn1C. The lowest BCUT2D eigenvalue weighted by Gasteiger charge is -2.19. The quantitative estimate of drug-likeness (QED) is 0.508. The van der Waals surface area contributed by atoms with Gasteiger partial charge in [-0.15, -0.1) is 0 Å². The van der Waals surface area contributed by atoms with Crippen molar-refractivity contribution in [3.05, 3.63) is 76.2 Å². The Bertz CT molecular complexity index is 947. The lowest BCUT2D eigenvalue weighted by atomic mass is 10.1. The van der Waals surface area contributed by atoms with E-state index in [9.17, 15) is 14.9 Å². The van der Waals surface area contributed by atoms with Crippen LogP contribution in [0.4, 0.5) is 5.82 Å². The summed E-state index contributed by atoms with van der Waals surface area (Å²) in [6.45, 7) is 1.98. The van der Waals surface area contributed by atoms with E-state index in [0.29, 0.717) is 12.4 Å². The first-order valence-electron chi connectivity index (χ1n) is 8.45. The second kappa shape index (κ2) is 7.81. The van der Waals surface area contributed by atoms with Gasteiger partial charge in [-0.05, 0) is 15.5 Å². The van der Waals surface area contributed by atoms with Crippen molar-refractivity contribution in [1.82, 2.24) is 24.4 Å². The summed E-state index contributed by atoms with van der Waals surface area (Å²) < 4.78 is 3.47. The second-order valence-electron chi connectivity index (χ2n) is 6.15. The van der Waals surface area contributed by atoms with E-state index < -0.39 is 4.92 Å². The fourth-order valence-electron chi connectivity index (χ4n) is 2.86. The van der Waals surface area contributed by atoms with E-state index in [4.69, 9.17) is 0 Å². The van der Waals surface area contributed by atoms with E-state index in [1.807, 2.05) is 48.1 Å². The number of rotatable bonds is 7. The normalized spacial score (nSPS) is 11.9. The van der Waals surface area contributed by atoms with E-state index >= 15 is 0 Å². The van der Waals surface area contributed by atoms with Gasteiger partial charge in [0.25, 0.3) is 0 Å². The van der Waals surface area contributed by atoms with Crippen molar-refractivity contribution in [2.24, 2.45) is 7.05 Å². The average Bonchev–Trinajstić information content (AvgIpc) is 3.24. The van der Waals surface area contributed by atoms with Crippen LogP contribution in [0.5, 0.6) is 0 Å². The molecule has 1 atom stereocenters. The van der Waals surface area contributed by atoms with E-state index in [1.54, 1.807) is 17.7 Å². The van der Waals surface area contributed by atoms with Crippen LogP contribution in [0.25, 0.3) is 0 Å². The number of carbonyl (C=O) groups excluding carboxylic acids is 1. The molecule has 0 fully saturated rings. The molecule has 9 nitrogen and oxygen atoms in total. The molecule has 0 aliphatic carbocycles. The molecule has 1 unspecified atom stereocenters. The van der Waals surface area contributed by atoms with Crippen LogP contribution in [-0.4, -0.2) is 29.9 Å². The van der Waals surface area contributed by atoms with Crippen LogP contribution in [0.1, 0.15) is 29.7 Å². The molecule has 2 aromatic heterocycles. The fraction of sp³-hybridized carbons (Fsp3) is 0.278. The van der Waals surface area contributed by atoms with Crippen LogP contribution >= 0.6 is 0 Å². The summed E-state index contributed by atoms with van der Waals surface area (Å²) in [4.78, 5) is 31.0. The number of carbonyl (C=O) groups is 1. The Kier molecular flexibility index (Phi) is 5.30. The molecule has 0 bridgehead atoms. The van der Waals surface area contributed by atoms with Crippen molar-refractivity contribution in [2.75, 3.05) is 0 Å². The predicted molar refractivity (Wildman–Crippen MR) is 97.9 cm³/mol. The highest BCUT2D eigenvalue weighted by Crippen LogP contribution is 2.20. The zero-order valence-electron chi connectivity index (χ0n) is 15.1. The van der Waals surface area contributed by atoms with Crippen molar-refractivity contribution in [3.63, 3.8) is 0 Å². The summed E-state index contributed by atoms with van der Waals surface area (Å²) >= 11 is 0. The molecule has 0 aliphatic heterocycles. The number of hydrogen-bond donors (Lipinski definition) is 1. The third-order valence-electron chi connectivity index (χ3n) is 4.29. The van der Waals surface area contributed by atoms with Crippen molar-refractivity contribution >= 4 is 11.7 Å². The Hall–Kier alpha value is -3.49. The number of aryl methyl sites for hydroxylation is 3. The number of aromatic nitrogens is 4. The maximum absolute atomic E-state index is 12.5. The number of nitrogens with zero attached hydrogens (tertiary/aromatic N) is 5. The topological polar surface area (TPSA) is 108 Å². The highest BCUT2D eigenvalue weighted by atomic mass is 16.6. The molecule has 3 aromatic rings. The first-order valence-corrected chi connectivity index (χ1v) is 8.45. The summed E-state index contributed by atoms with van der Waals surface area (Å²) in [5.74, 6) is 0.827. The van der Waals surface area contributed by atoms with E-state index in [2.05, 4.69) is 15.3 Å². The molecular weight excluding hydrogens is 348 g/mol. The molecule has 1 N–H and O–H groups in total. The van der Waals surface area contributed by atoms with Gasteiger partial charge in [-0.25, -0.2) is 4.98 Å². The minimum Gasteiger partial charge on any atom is -0.358 e. The van der Waals surface area contributed by atoms with Crippen LogP contribution < -0.4 is 5.32 Å². The lowest BCUT2D eigenvalue weighted by Crippen LogP contribution is -2.31. The van der Waals surface area contributed by atoms with Crippen LogP contribution in [0, 0.1) is 17.0 Å². The maximum atomic E-state index is 12.5. The molecule has 3 rings (SSSR count). The highest BCUT2D eigenvalue weighted by Gasteiger charge is 2.21. The van der Waals surface area contributed by atoms with Gasteiger partial charge in [-0.1, -0.05) is 30.3 Å².